The Balaban J connectivity index is 1.30. The summed E-state index contributed by atoms with van der Waals surface area (Å²) in [5.74, 6) is 2.14. The summed E-state index contributed by atoms with van der Waals surface area (Å²) in [6, 6.07) is 8.43. The van der Waals surface area contributed by atoms with Crippen molar-refractivity contribution >= 4 is 21.7 Å². The fourth-order valence-electron chi connectivity index (χ4n) is 3.32. The molecule has 1 fully saturated rings. The van der Waals surface area contributed by atoms with Crippen LogP contribution in [0.4, 0.5) is 11.6 Å². The number of sulfonamides is 1. The van der Waals surface area contributed by atoms with Gasteiger partial charge in [-0.1, -0.05) is 12.1 Å². The molecule has 10 heteroatoms. The first kappa shape index (κ1) is 20.3. The Labute approximate surface area is 175 Å². The molecule has 4 rings (SSSR count). The SMILES string of the molecule is Cc1nc(-c2ccc(S(=O)(=O)NCCNc3cc(N4CCCC4)ncn3)cc2)co1. The number of aryl methyl sites for hydroxylation is 1. The minimum atomic E-state index is -3.60. The van der Waals surface area contributed by atoms with E-state index in [1.54, 1.807) is 37.5 Å². The first-order chi connectivity index (χ1) is 14.5. The first-order valence-electron chi connectivity index (χ1n) is 9.84. The molecule has 0 saturated carbocycles. The van der Waals surface area contributed by atoms with Crippen molar-refractivity contribution in [2.24, 2.45) is 0 Å². The smallest absolute Gasteiger partial charge is 0.240 e. The predicted molar refractivity (Wildman–Crippen MR) is 114 cm³/mol. The van der Waals surface area contributed by atoms with Crippen LogP contribution in [0.2, 0.25) is 0 Å². The lowest BCUT2D eigenvalue weighted by Gasteiger charge is -2.16. The number of rotatable bonds is 8. The van der Waals surface area contributed by atoms with Crippen LogP contribution in [0, 0.1) is 6.92 Å². The number of hydrogen-bond donors (Lipinski definition) is 2. The number of nitrogens with one attached hydrogen (secondary N) is 2. The van der Waals surface area contributed by atoms with Gasteiger partial charge in [0, 0.05) is 44.7 Å². The highest BCUT2D eigenvalue weighted by Crippen LogP contribution is 2.21. The van der Waals surface area contributed by atoms with Crippen molar-refractivity contribution in [3.63, 3.8) is 0 Å². The second-order valence-electron chi connectivity index (χ2n) is 7.06. The lowest BCUT2D eigenvalue weighted by atomic mass is 10.2. The van der Waals surface area contributed by atoms with Crippen molar-refractivity contribution in [2.45, 2.75) is 24.7 Å². The fourth-order valence-corrected chi connectivity index (χ4v) is 4.35. The van der Waals surface area contributed by atoms with E-state index in [1.807, 2.05) is 6.07 Å². The summed E-state index contributed by atoms with van der Waals surface area (Å²) in [5.41, 5.74) is 1.47. The minimum absolute atomic E-state index is 0.199. The number of benzene rings is 1. The van der Waals surface area contributed by atoms with Crippen molar-refractivity contribution in [3.8, 4) is 11.3 Å². The standard InChI is InChI=1S/C20H24N6O3S/c1-15-25-18(13-29-15)16-4-6-17(7-5-16)30(27,28)24-9-8-21-19-12-20(23-14-22-19)26-10-2-3-11-26/h4-7,12-14,24H,2-3,8-11H2,1H3,(H,21,22,23). The lowest BCUT2D eigenvalue weighted by Crippen LogP contribution is -2.29. The summed E-state index contributed by atoms with van der Waals surface area (Å²) >= 11 is 0. The molecule has 0 unspecified atom stereocenters. The van der Waals surface area contributed by atoms with Crippen LogP contribution in [-0.4, -0.2) is 49.5 Å². The van der Waals surface area contributed by atoms with Crippen molar-refractivity contribution in [1.29, 1.82) is 0 Å². The molecule has 0 bridgehead atoms. The van der Waals surface area contributed by atoms with Gasteiger partial charge in [-0.05, 0) is 25.0 Å². The van der Waals surface area contributed by atoms with Gasteiger partial charge >= 0.3 is 0 Å². The third-order valence-electron chi connectivity index (χ3n) is 4.89. The van der Waals surface area contributed by atoms with Gasteiger partial charge in [-0.2, -0.15) is 0 Å². The molecule has 0 aliphatic carbocycles. The molecular formula is C20H24N6O3S. The highest BCUT2D eigenvalue weighted by atomic mass is 32.2. The molecule has 3 heterocycles. The molecule has 1 saturated heterocycles. The summed E-state index contributed by atoms with van der Waals surface area (Å²) in [6.07, 6.45) is 5.42. The van der Waals surface area contributed by atoms with Gasteiger partial charge in [0.15, 0.2) is 5.89 Å². The molecule has 30 heavy (non-hydrogen) atoms. The van der Waals surface area contributed by atoms with Crippen LogP contribution in [0.3, 0.4) is 0 Å². The number of aromatic nitrogens is 3. The molecule has 3 aromatic rings. The third-order valence-corrected chi connectivity index (χ3v) is 6.36. The van der Waals surface area contributed by atoms with Crippen LogP contribution < -0.4 is 14.9 Å². The highest BCUT2D eigenvalue weighted by molar-refractivity contribution is 7.89. The maximum atomic E-state index is 12.5. The van der Waals surface area contributed by atoms with E-state index in [0.29, 0.717) is 23.9 Å². The third kappa shape index (κ3) is 4.77. The van der Waals surface area contributed by atoms with E-state index in [0.717, 1.165) is 24.5 Å². The van der Waals surface area contributed by atoms with E-state index in [4.69, 9.17) is 4.42 Å². The van der Waals surface area contributed by atoms with E-state index < -0.39 is 10.0 Å². The topological polar surface area (TPSA) is 113 Å². The summed E-state index contributed by atoms with van der Waals surface area (Å²) in [7, 11) is -3.60. The molecule has 0 amide bonds. The van der Waals surface area contributed by atoms with Crippen LogP contribution >= 0.6 is 0 Å². The Morgan fingerprint density at radius 2 is 1.87 bits per heavy atom. The Hall–Kier alpha value is -2.98. The largest absolute Gasteiger partial charge is 0.449 e. The first-order valence-corrected chi connectivity index (χ1v) is 11.3. The van der Waals surface area contributed by atoms with Gasteiger partial charge < -0.3 is 14.6 Å². The summed E-state index contributed by atoms with van der Waals surface area (Å²) in [5, 5.41) is 3.14. The molecular weight excluding hydrogens is 404 g/mol. The van der Waals surface area contributed by atoms with Crippen LogP contribution in [-0.2, 0) is 10.0 Å². The summed E-state index contributed by atoms with van der Waals surface area (Å²) < 4.78 is 32.8. The van der Waals surface area contributed by atoms with Crippen LogP contribution in [0.5, 0.6) is 0 Å². The molecule has 158 valence electrons. The zero-order chi connectivity index (χ0) is 21.0. The van der Waals surface area contributed by atoms with Crippen molar-refractivity contribution < 1.29 is 12.8 Å². The molecule has 1 aromatic carbocycles. The van der Waals surface area contributed by atoms with Gasteiger partial charge in [0.05, 0.1) is 4.90 Å². The average Bonchev–Trinajstić information content (AvgIpc) is 3.44. The van der Waals surface area contributed by atoms with Crippen molar-refractivity contribution in [2.75, 3.05) is 36.4 Å². The minimum Gasteiger partial charge on any atom is -0.449 e. The number of oxazole rings is 1. The zero-order valence-electron chi connectivity index (χ0n) is 16.7. The van der Waals surface area contributed by atoms with Gasteiger partial charge in [-0.15, -0.1) is 0 Å². The molecule has 1 aliphatic heterocycles. The average molecular weight is 429 g/mol. The number of nitrogens with zero attached hydrogens (tertiary/aromatic N) is 4. The second-order valence-corrected chi connectivity index (χ2v) is 8.82. The van der Waals surface area contributed by atoms with Crippen molar-refractivity contribution in [3.05, 3.63) is 48.8 Å². The molecule has 0 radical (unpaired) electrons. The fraction of sp³-hybridized carbons (Fsp3) is 0.350. The van der Waals surface area contributed by atoms with E-state index in [-0.39, 0.29) is 11.4 Å². The van der Waals surface area contributed by atoms with E-state index in [9.17, 15) is 8.42 Å². The molecule has 2 aromatic heterocycles. The summed E-state index contributed by atoms with van der Waals surface area (Å²) in [4.78, 5) is 15.2. The molecule has 9 nitrogen and oxygen atoms in total. The second kappa shape index (κ2) is 8.80. The van der Waals surface area contributed by atoms with Crippen LogP contribution in [0.25, 0.3) is 11.3 Å². The van der Waals surface area contributed by atoms with Gasteiger partial charge in [-0.3, -0.25) is 0 Å². The lowest BCUT2D eigenvalue weighted by molar-refractivity contribution is 0.521. The molecule has 1 aliphatic rings. The predicted octanol–water partition coefficient (Wildman–Crippen LogP) is 2.43. The maximum absolute atomic E-state index is 12.5. The van der Waals surface area contributed by atoms with Gasteiger partial charge in [0.25, 0.3) is 0 Å². The molecule has 0 spiro atoms. The van der Waals surface area contributed by atoms with Crippen LogP contribution in [0.15, 0.2) is 52.2 Å². The molecule has 2 N–H and O–H groups in total. The Morgan fingerprint density at radius 3 is 2.57 bits per heavy atom. The summed E-state index contributed by atoms with van der Waals surface area (Å²) in [6.45, 7) is 4.41. The Morgan fingerprint density at radius 1 is 1.10 bits per heavy atom. The highest BCUT2D eigenvalue weighted by Gasteiger charge is 2.15. The normalized spacial score (nSPS) is 14.2. The monoisotopic (exact) mass is 428 g/mol. The van der Waals surface area contributed by atoms with Crippen molar-refractivity contribution in [1.82, 2.24) is 19.7 Å². The van der Waals surface area contributed by atoms with E-state index >= 15 is 0 Å². The van der Waals surface area contributed by atoms with Crippen LogP contribution in [0.1, 0.15) is 18.7 Å². The Kier molecular flexibility index (Phi) is 5.96. The van der Waals surface area contributed by atoms with Gasteiger partial charge in [-0.25, -0.2) is 28.1 Å². The Bertz CT molecular complexity index is 1090. The van der Waals surface area contributed by atoms with Gasteiger partial charge in [0.1, 0.15) is 29.9 Å². The van der Waals surface area contributed by atoms with E-state index in [2.05, 4.69) is 29.9 Å². The molecule has 0 atom stereocenters. The maximum Gasteiger partial charge on any atom is 0.240 e. The van der Waals surface area contributed by atoms with E-state index in [1.165, 1.54) is 19.2 Å². The quantitative estimate of drug-likeness (QED) is 0.526. The number of hydrogen-bond acceptors (Lipinski definition) is 8. The number of anilines is 2. The van der Waals surface area contributed by atoms with Gasteiger partial charge in [0.2, 0.25) is 10.0 Å². The zero-order valence-corrected chi connectivity index (χ0v) is 17.5.